The fourth-order valence-electron chi connectivity index (χ4n) is 4.28. The predicted octanol–water partition coefficient (Wildman–Crippen LogP) is 5.40. The smallest absolute Gasteiger partial charge is 0.250 e. The Kier molecular flexibility index (Phi) is 9.49. The van der Waals surface area contributed by atoms with Gasteiger partial charge in [0, 0.05) is 63.1 Å². The molecule has 3 rings (SSSR count). The van der Waals surface area contributed by atoms with Gasteiger partial charge >= 0.3 is 0 Å². The van der Waals surface area contributed by atoms with Crippen LogP contribution in [0.15, 0.2) is 59.5 Å². The zero-order chi connectivity index (χ0) is 29.1. The van der Waals surface area contributed by atoms with Crippen LogP contribution in [0.25, 0.3) is 11.1 Å². The van der Waals surface area contributed by atoms with E-state index in [0.29, 0.717) is 40.0 Å². The van der Waals surface area contributed by atoms with Crippen molar-refractivity contribution in [1.82, 2.24) is 4.57 Å². The predicted molar refractivity (Wildman–Crippen MR) is 156 cm³/mol. The highest BCUT2D eigenvalue weighted by molar-refractivity contribution is 7.90. The lowest BCUT2D eigenvalue weighted by Crippen LogP contribution is -2.28. The van der Waals surface area contributed by atoms with Gasteiger partial charge in [-0.3, -0.25) is 13.8 Å². The molecule has 3 aromatic rings. The van der Waals surface area contributed by atoms with Crippen molar-refractivity contribution in [2.24, 2.45) is 7.05 Å². The molecular weight excluding hydrogens is 537 g/mol. The number of sulfone groups is 1. The molecule has 0 aliphatic heterocycles. The molecule has 0 aliphatic rings. The minimum atomic E-state index is -3.36. The summed E-state index contributed by atoms with van der Waals surface area (Å²) >= 11 is 0. The van der Waals surface area contributed by atoms with E-state index in [9.17, 15) is 26.6 Å². The summed E-state index contributed by atoms with van der Waals surface area (Å²) in [6.45, 7) is 9.24. The van der Waals surface area contributed by atoms with Crippen molar-refractivity contribution < 1.29 is 21.8 Å². The first kappa shape index (κ1) is 30.6. The molecule has 0 spiro atoms. The van der Waals surface area contributed by atoms with Crippen molar-refractivity contribution in [2.45, 2.75) is 57.5 Å². The number of hydrogen-bond acceptors (Lipinski definition) is 5. The number of carbonyl (C=O) groups is 1. The van der Waals surface area contributed by atoms with Gasteiger partial charge in [-0.15, -0.1) is 0 Å². The molecule has 1 heterocycles. The molecule has 2 atom stereocenters. The number of halogens is 1. The summed E-state index contributed by atoms with van der Waals surface area (Å²) < 4.78 is 52.5. The van der Waals surface area contributed by atoms with E-state index < -0.39 is 31.2 Å². The molecule has 0 bridgehead atoms. The maximum Gasteiger partial charge on any atom is 0.250 e. The normalized spacial score (nSPS) is 13.7. The van der Waals surface area contributed by atoms with Crippen LogP contribution in [0.5, 0.6) is 0 Å². The van der Waals surface area contributed by atoms with E-state index >= 15 is 0 Å². The molecule has 0 radical (unpaired) electrons. The van der Waals surface area contributed by atoms with E-state index in [0.717, 1.165) is 0 Å². The maximum atomic E-state index is 13.7. The van der Waals surface area contributed by atoms with Crippen LogP contribution in [0, 0.1) is 5.82 Å². The summed E-state index contributed by atoms with van der Waals surface area (Å²) in [7, 11) is -2.95. The van der Waals surface area contributed by atoms with Crippen molar-refractivity contribution >= 4 is 26.4 Å². The molecule has 6 nitrogen and oxygen atoms in total. The SMILES string of the molecule is CC[C@H](C[S@@](=O)C(C)(C)C)c1cc(=O)n(C)cc1-c1cc(CS(=O)(=O)CC)ccc1C(=O)c1ccc(F)cc1. The zero-order valence-corrected chi connectivity index (χ0v) is 24.9. The molecular formula is C30H36FNO5S2. The summed E-state index contributed by atoms with van der Waals surface area (Å²) in [6.07, 6.45) is 2.25. The van der Waals surface area contributed by atoms with E-state index in [2.05, 4.69) is 0 Å². The fraction of sp³-hybridized carbons (Fsp3) is 0.400. The lowest BCUT2D eigenvalue weighted by Gasteiger charge is -2.25. The maximum absolute atomic E-state index is 13.7. The van der Waals surface area contributed by atoms with Crippen LogP contribution in [-0.2, 0) is 33.4 Å². The number of rotatable bonds is 10. The van der Waals surface area contributed by atoms with Crippen LogP contribution in [0.4, 0.5) is 4.39 Å². The topological polar surface area (TPSA) is 90.3 Å². The second-order valence-corrected chi connectivity index (χ2v) is 15.3. The summed E-state index contributed by atoms with van der Waals surface area (Å²) in [5, 5.41) is 0. The van der Waals surface area contributed by atoms with Gasteiger partial charge in [-0.1, -0.05) is 26.0 Å². The molecule has 1 aromatic heterocycles. The monoisotopic (exact) mass is 573 g/mol. The first-order valence-electron chi connectivity index (χ1n) is 12.9. The molecule has 0 fully saturated rings. The Hall–Kier alpha value is -2.91. The lowest BCUT2D eigenvalue weighted by molar-refractivity contribution is 0.103. The number of ketones is 1. The highest BCUT2D eigenvalue weighted by Gasteiger charge is 2.27. The summed E-state index contributed by atoms with van der Waals surface area (Å²) in [5.41, 5.74) is 2.56. The Morgan fingerprint density at radius 3 is 2.23 bits per heavy atom. The van der Waals surface area contributed by atoms with Gasteiger partial charge in [-0.05, 0) is 80.1 Å². The molecule has 2 aromatic carbocycles. The number of benzene rings is 2. The largest absolute Gasteiger partial charge is 0.318 e. The van der Waals surface area contributed by atoms with Gasteiger partial charge in [-0.2, -0.15) is 0 Å². The molecule has 0 aliphatic carbocycles. The number of carbonyl (C=O) groups excluding carboxylic acids is 1. The third kappa shape index (κ3) is 7.39. The average Bonchev–Trinajstić information content (AvgIpc) is 2.87. The van der Waals surface area contributed by atoms with Crippen LogP contribution in [0.2, 0.25) is 0 Å². The minimum Gasteiger partial charge on any atom is -0.318 e. The second-order valence-electron chi connectivity index (χ2n) is 10.7. The van der Waals surface area contributed by atoms with Crippen LogP contribution >= 0.6 is 0 Å². The van der Waals surface area contributed by atoms with Gasteiger partial charge < -0.3 is 4.57 Å². The van der Waals surface area contributed by atoms with E-state index in [1.54, 1.807) is 38.4 Å². The van der Waals surface area contributed by atoms with Crippen molar-refractivity contribution in [2.75, 3.05) is 11.5 Å². The van der Waals surface area contributed by atoms with E-state index in [1.807, 2.05) is 27.7 Å². The fourth-order valence-corrected chi connectivity index (χ4v) is 6.45. The van der Waals surface area contributed by atoms with E-state index in [-0.39, 0.29) is 34.3 Å². The first-order valence-corrected chi connectivity index (χ1v) is 16.0. The molecule has 9 heteroatoms. The van der Waals surface area contributed by atoms with Gasteiger partial charge in [-0.25, -0.2) is 12.8 Å². The summed E-state index contributed by atoms with van der Waals surface area (Å²) in [4.78, 5) is 26.5. The number of pyridine rings is 1. The van der Waals surface area contributed by atoms with Gasteiger partial charge in [0.25, 0.3) is 5.56 Å². The number of hydrogen-bond donors (Lipinski definition) is 0. The number of aromatic nitrogens is 1. The minimum absolute atomic E-state index is 0.0276. The van der Waals surface area contributed by atoms with Crippen LogP contribution in [0.1, 0.15) is 74.0 Å². The van der Waals surface area contributed by atoms with E-state index in [4.69, 9.17) is 0 Å². The Bertz CT molecular complexity index is 1550. The van der Waals surface area contributed by atoms with E-state index in [1.165, 1.54) is 34.9 Å². The van der Waals surface area contributed by atoms with Crippen LogP contribution in [-0.4, -0.2) is 39.2 Å². The average molecular weight is 574 g/mol. The van der Waals surface area contributed by atoms with Gasteiger partial charge in [0.1, 0.15) is 5.82 Å². The second kappa shape index (κ2) is 12.1. The quantitative estimate of drug-likeness (QED) is 0.303. The summed E-state index contributed by atoms with van der Waals surface area (Å²) in [6, 6.07) is 11.6. The van der Waals surface area contributed by atoms with Gasteiger partial charge in [0.2, 0.25) is 0 Å². The first-order chi connectivity index (χ1) is 18.2. The van der Waals surface area contributed by atoms with Crippen molar-refractivity contribution in [3.8, 4) is 11.1 Å². The standard InChI is InChI=1S/C30H36FNO5S2/c1-7-21(18-38(35)30(3,4)5)25-16-28(33)32(6)17-27(25)26-15-20(19-39(36,37)8-2)9-14-24(26)29(34)22-10-12-23(31)13-11-22/h9-17,21H,7-8,18-19H2,1-6H3/t21-,38-/m1/s1. The molecule has 39 heavy (non-hydrogen) atoms. The third-order valence-corrected chi connectivity index (χ3v) is 10.5. The molecule has 0 saturated carbocycles. The van der Waals surface area contributed by atoms with Crippen molar-refractivity contribution in [3.05, 3.63) is 93.2 Å². The van der Waals surface area contributed by atoms with Crippen molar-refractivity contribution in [1.29, 1.82) is 0 Å². The highest BCUT2D eigenvalue weighted by atomic mass is 32.2. The van der Waals surface area contributed by atoms with Crippen molar-refractivity contribution in [3.63, 3.8) is 0 Å². The van der Waals surface area contributed by atoms with Crippen LogP contribution < -0.4 is 5.56 Å². The Labute approximate surface area is 232 Å². The van der Waals surface area contributed by atoms with Gasteiger partial charge in [0.05, 0.1) is 5.75 Å². The molecule has 0 amide bonds. The molecule has 0 N–H and O–H groups in total. The molecule has 210 valence electrons. The number of aryl methyl sites for hydroxylation is 1. The molecule has 0 unspecified atom stereocenters. The zero-order valence-electron chi connectivity index (χ0n) is 23.3. The lowest BCUT2D eigenvalue weighted by atomic mass is 9.87. The molecule has 0 saturated heterocycles. The highest BCUT2D eigenvalue weighted by Crippen LogP contribution is 2.35. The summed E-state index contributed by atoms with van der Waals surface area (Å²) in [5.74, 6) is -0.976. The van der Waals surface area contributed by atoms with Crippen LogP contribution in [0.3, 0.4) is 0 Å². The van der Waals surface area contributed by atoms with Gasteiger partial charge in [0.15, 0.2) is 15.6 Å². The Balaban J connectivity index is 2.30. The Morgan fingerprint density at radius 1 is 1.03 bits per heavy atom. The number of nitrogens with zero attached hydrogens (tertiary/aromatic N) is 1. The Morgan fingerprint density at radius 2 is 1.67 bits per heavy atom. The third-order valence-electron chi connectivity index (χ3n) is 6.78.